The maximum atomic E-state index is 13.1. The minimum Gasteiger partial charge on any atom is -0.507 e. The van der Waals surface area contributed by atoms with Crippen molar-refractivity contribution >= 4 is 40.4 Å². The standard InChI is InChI=1S/C24H20ClNO4S/c1-14-5-10-19(30-2)18(12-14)22(27)20-21(15-6-8-16(25)9-7-15)26(24(29)23(20)28)13-17-4-3-11-31-17/h3-12,21,27H,13H2,1-2H3/b22-20+. The Morgan fingerprint density at radius 1 is 1.16 bits per heavy atom. The maximum Gasteiger partial charge on any atom is 0.295 e. The lowest BCUT2D eigenvalue weighted by Gasteiger charge is -2.25. The summed E-state index contributed by atoms with van der Waals surface area (Å²) >= 11 is 7.56. The lowest BCUT2D eigenvalue weighted by molar-refractivity contribution is -0.140. The third-order valence-corrected chi connectivity index (χ3v) is 6.36. The number of halogens is 1. The van der Waals surface area contributed by atoms with Crippen molar-refractivity contribution in [1.82, 2.24) is 4.90 Å². The predicted molar refractivity (Wildman–Crippen MR) is 121 cm³/mol. The van der Waals surface area contributed by atoms with Gasteiger partial charge in [0.15, 0.2) is 0 Å². The molecule has 1 atom stereocenters. The van der Waals surface area contributed by atoms with Crippen molar-refractivity contribution in [2.45, 2.75) is 19.5 Å². The fourth-order valence-corrected chi connectivity index (χ4v) is 4.59. The van der Waals surface area contributed by atoms with Gasteiger partial charge in [-0.15, -0.1) is 11.3 Å². The van der Waals surface area contributed by atoms with Gasteiger partial charge in [-0.05, 0) is 48.2 Å². The first-order valence-electron chi connectivity index (χ1n) is 9.62. The molecule has 0 bridgehead atoms. The molecule has 3 aromatic rings. The first-order valence-corrected chi connectivity index (χ1v) is 10.9. The molecule has 1 aliphatic rings. The van der Waals surface area contributed by atoms with Crippen molar-refractivity contribution in [1.29, 1.82) is 0 Å². The first-order chi connectivity index (χ1) is 14.9. The average molecular weight is 454 g/mol. The Morgan fingerprint density at radius 3 is 2.55 bits per heavy atom. The Morgan fingerprint density at radius 2 is 1.90 bits per heavy atom. The fourth-order valence-electron chi connectivity index (χ4n) is 3.76. The number of hydrogen-bond acceptors (Lipinski definition) is 5. The molecule has 2 aromatic carbocycles. The number of amides is 1. The number of hydrogen-bond donors (Lipinski definition) is 1. The highest BCUT2D eigenvalue weighted by Crippen LogP contribution is 2.42. The van der Waals surface area contributed by atoms with E-state index in [-0.39, 0.29) is 17.9 Å². The van der Waals surface area contributed by atoms with Crippen LogP contribution in [0.15, 0.2) is 65.6 Å². The molecular formula is C24H20ClNO4S. The maximum absolute atomic E-state index is 13.1. The molecule has 5 nitrogen and oxygen atoms in total. The van der Waals surface area contributed by atoms with Crippen molar-refractivity contribution in [2.24, 2.45) is 0 Å². The second-order valence-electron chi connectivity index (χ2n) is 7.26. The van der Waals surface area contributed by atoms with Crippen LogP contribution in [-0.4, -0.2) is 28.8 Å². The van der Waals surface area contributed by atoms with Crippen molar-refractivity contribution in [2.75, 3.05) is 7.11 Å². The zero-order valence-corrected chi connectivity index (χ0v) is 18.5. The van der Waals surface area contributed by atoms with E-state index in [1.807, 2.05) is 30.5 Å². The van der Waals surface area contributed by atoms with Gasteiger partial charge in [-0.3, -0.25) is 9.59 Å². The minimum atomic E-state index is -0.746. The van der Waals surface area contributed by atoms with Crippen LogP contribution in [0.2, 0.25) is 5.02 Å². The topological polar surface area (TPSA) is 66.8 Å². The van der Waals surface area contributed by atoms with Gasteiger partial charge in [0.2, 0.25) is 0 Å². The number of likely N-dealkylation sites (tertiary alicyclic amines) is 1. The molecule has 2 heterocycles. The van der Waals surface area contributed by atoms with Gasteiger partial charge in [-0.25, -0.2) is 0 Å². The number of rotatable bonds is 5. The highest BCUT2D eigenvalue weighted by molar-refractivity contribution is 7.09. The van der Waals surface area contributed by atoms with Gasteiger partial charge in [0, 0.05) is 9.90 Å². The summed E-state index contributed by atoms with van der Waals surface area (Å²) in [5, 5.41) is 13.7. The van der Waals surface area contributed by atoms with Crippen LogP contribution in [0.3, 0.4) is 0 Å². The van der Waals surface area contributed by atoms with Crippen molar-refractivity contribution in [3.8, 4) is 5.75 Å². The number of methoxy groups -OCH3 is 1. The van der Waals surface area contributed by atoms with Crippen LogP contribution in [0.25, 0.3) is 5.76 Å². The van der Waals surface area contributed by atoms with Gasteiger partial charge in [0.1, 0.15) is 11.5 Å². The molecule has 158 valence electrons. The molecule has 0 aliphatic carbocycles. The highest BCUT2D eigenvalue weighted by atomic mass is 35.5. The Hall–Kier alpha value is -3.09. The summed E-state index contributed by atoms with van der Waals surface area (Å²) in [4.78, 5) is 28.6. The van der Waals surface area contributed by atoms with Crippen LogP contribution in [0.5, 0.6) is 5.75 Å². The summed E-state index contributed by atoms with van der Waals surface area (Å²) in [6, 6.07) is 15.3. The van der Waals surface area contributed by atoms with E-state index >= 15 is 0 Å². The van der Waals surface area contributed by atoms with Gasteiger partial charge in [-0.1, -0.05) is 41.4 Å². The van der Waals surface area contributed by atoms with Crippen molar-refractivity contribution in [3.05, 3.63) is 92.1 Å². The van der Waals surface area contributed by atoms with Crippen LogP contribution in [0.4, 0.5) is 0 Å². The van der Waals surface area contributed by atoms with E-state index in [1.54, 1.807) is 36.4 Å². The van der Waals surface area contributed by atoms with Crippen LogP contribution in [0.1, 0.15) is 27.6 Å². The summed E-state index contributed by atoms with van der Waals surface area (Å²) < 4.78 is 5.39. The molecule has 7 heteroatoms. The Kier molecular flexibility index (Phi) is 5.85. The molecule has 0 saturated carbocycles. The zero-order chi connectivity index (χ0) is 22.1. The minimum absolute atomic E-state index is 0.0350. The monoisotopic (exact) mass is 453 g/mol. The van der Waals surface area contributed by atoms with E-state index in [0.29, 0.717) is 21.9 Å². The number of carbonyl (C=O) groups is 2. The molecular weight excluding hydrogens is 434 g/mol. The van der Waals surface area contributed by atoms with Gasteiger partial charge in [-0.2, -0.15) is 0 Å². The average Bonchev–Trinajstić information content (AvgIpc) is 3.36. The van der Waals surface area contributed by atoms with E-state index in [0.717, 1.165) is 10.4 Å². The zero-order valence-electron chi connectivity index (χ0n) is 17.0. The number of aliphatic hydroxyl groups is 1. The molecule has 1 saturated heterocycles. The van der Waals surface area contributed by atoms with Crippen molar-refractivity contribution in [3.63, 3.8) is 0 Å². The van der Waals surface area contributed by atoms with Crippen LogP contribution < -0.4 is 4.74 Å². The summed E-state index contributed by atoms with van der Waals surface area (Å²) in [7, 11) is 1.49. The van der Waals surface area contributed by atoms with E-state index in [2.05, 4.69) is 0 Å². The Labute approximate surface area is 189 Å². The number of carbonyl (C=O) groups excluding carboxylic acids is 2. The number of benzene rings is 2. The second-order valence-corrected chi connectivity index (χ2v) is 8.73. The predicted octanol–water partition coefficient (Wildman–Crippen LogP) is 5.34. The molecule has 1 amide bonds. The number of ether oxygens (including phenoxy) is 1. The third kappa shape index (κ3) is 3.96. The van der Waals surface area contributed by atoms with E-state index in [4.69, 9.17) is 16.3 Å². The van der Waals surface area contributed by atoms with Crippen LogP contribution >= 0.6 is 22.9 Å². The SMILES string of the molecule is COc1ccc(C)cc1/C(O)=C1\C(=O)C(=O)N(Cc2cccs2)C1c1ccc(Cl)cc1. The molecule has 1 unspecified atom stereocenters. The number of aryl methyl sites for hydroxylation is 1. The third-order valence-electron chi connectivity index (χ3n) is 5.24. The van der Waals surface area contributed by atoms with Gasteiger partial charge in [0.25, 0.3) is 11.7 Å². The Bertz CT molecular complexity index is 1170. The van der Waals surface area contributed by atoms with E-state index < -0.39 is 17.7 Å². The molecule has 1 fully saturated rings. The summed E-state index contributed by atoms with van der Waals surface area (Å²) in [5.41, 5.74) is 1.98. The highest BCUT2D eigenvalue weighted by Gasteiger charge is 2.46. The van der Waals surface area contributed by atoms with Crippen LogP contribution in [-0.2, 0) is 16.1 Å². The van der Waals surface area contributed by atoms with Crippen molar-refractivity contribution < 1.29 is 19.4 Å². The molecule has 0 spiro atoms. The Balaban J connectivity index is 1.91. The van der Waals surface area contributed by atoms with Gasteiger partial charge >= 0.3 is 0 Å². The summed E-state index contributed by atoms with van der Waals surface area (Å²) in [6.07, 6.45) is 0. The van der Waals surface area contributed by atoms with E-state index in [9.17, 15) is 14.7 Å². The molecule has 1 aliphatic heterocycles. The molecule has 4 rings (SSSR count). The summed E-state index contributed by atoms with van der Waals surface area (Å²) in [6.45, 7) is 2.14. The molecule has 0 radical (unpaired) electrons. The van der Waals surface area contributed by atoms with Crippen LogP contribution in [0, 0.1) is 6.92 Å². The second kappa shape index (κ2) is 8.57. The number of ketones is 1. The molecule has 1 N–H and O–H groups in total. The van der Waals surface area contributed by atoms with Gasteiger partial charge < -0.3 is 14.7 Å². The smallest absolute Gasteiger partial charge is 0.295 e. The quantitative estimate of drug-likeness (QED) is 0.321. The molecule has 31 heavy (non-hydrogen) atoms. The lowest BCUT2D eigenvalue weighted by atomic mass is 9.94. The van der Waals surface area contributed by atoms with Gasteiger partial charge in [0.05, 0.1) is 30.8 Å². The first kappa shape index (κ1) is 21.2. The lowest BCUT2D eigenvalue weighted by Crippen LogP contribution is -2.28. The molecule has 1 aromatic heterocycles. The summed E-state index contributed by atoms with van der Waals surface area (Å²) in [5.74, 6) is -1.21. The largest absolute Gasteiger partial charge is 0.507 e. The number of thiophene rings is 1. The van der Waals surface area contributed by atoms with E-state index in [1.165, 1.54) is 23.3 Å². The number of aliphatic hydroxyl groups excluding tert-OH is 1. The fraction of sp³-hybridized carbons (Fsp3) is 0.167. The number of nitrogens with zero attached hydrogens (tertiary/aromatic N) is 1. The number of Topliss-reactive ketones (excluding diaryl/α,β-unsaturated/α-hetero) is 1. The normalized spacial score (nSPS) is 17.9.